The summed E-state index contributed by atoms with van der Waals surface area (Å²) in [5.41, 5.74) is 6.54. The van der Waals surface area contributed by atoms with Crippen LogP contribution in [0.1, 0.15) is 28.2 Å². The lowest BCUT2D eigenvalue weighted by atomic mass is 10.2. The molecule has 0 saturated carbocycles. The van der Waals surface area contributed by atoms with Gasteiger partial charge < -0.3 is 10.6 Å². The van der Waals surface area contributed by atoms with Gasteiger partial charge in [-0.15, -0.1) is 22.7 Å². The third kappa shape index (κ3) is 2.85. The first-order valence-corrected chi connectivity index (χ1v) is 8.85. The number of aromatic nitrogens is 1. The van der Waals surface area contributed by atoms with Crippen molar-refractivity contribution in [3.63, 3.8) is 0 Å². The van der Waals surface area contributed by atoms with E-state index in [2.05, 4.69) is 4.98 Å². The Labute approximate surface area is 136 Å². The van der Waals surface area contributed by atoms with Gasteiger partial charge in [0.2, 0.25) is 0 Å². The van der Waals surface area contributed by atoms with Crippen molar-refractivity contribution < 1.29 is 4.79 Å². The van der Waals surface area contributed by atoms with E-state index in [4.69, 9.17) is 17.3 Å². The lowest BCUT2D eigenvalue weighted by Crippen LogP contribution is -2.39. The third-order valence-electron chi connectivity index (χ3n) is 3.68. The second-order valence-electron chi connectivity index (χ2n) is 5.07. The van der Waals surface area contributed by atoms with Gasteiger partial charge in [-0.1, -0.05) is 11.6 Å². The molecule has 1 amide bonds. The Morgan fingerprint density at radius 1 is 1.52 bits per heavy atom. The van der Waals surface area contributed by atoms with Gasteiger partial charge in [-0.25, -0.2) is 4.98 Å². The molecule has 1 saturated heterocycles. The van der Waals surface area contributed by atoms with Gasteiger partial charge in [-0.2, -0.15) is 0 Å². The molecule has 3 rings (SSSR count). The number of rotatable bonds is 3. The maximum Gasteiger partial charge on any atom is 0.266 e. The molecule has 2 N–H and O–H groups in total. The molecule has 1 fully saturated rings. The second-order valence-corrected chi connectivity index (χ2v) is 7.78. The van der Waals surface area contributed by atoms with Gasteiger partial charge in [-0.05, 0) is 31.9 Å². The first-order valence-electron chi connectivity index (χ1n) is 6.84. The summed E-state index contributed by atoms with van der Waals surface area (Å²) in [5, 5.41) is 0.858. The average molecular weight is 342 g/mol. The van der Waals surface area contributed by atoms with Crippen LogP contribution in [0.2, 0.25) is 4.34 Å². The number of nitrogens with two attached hydrogens (primary N) is 1. The SMILES string of the molecule is Cc1nc(-c2ccc(Cl)s2)sc1C(=O)N1CCCC1CN. The minimum Gasteiger partial charge on any atom is -0.334 e. The number of aryl methyl sites for hydroxylation is 1. The van der Waals surface area contributed by atoms with Crippen LogP contribution in [0.15, 0.2) is 12.1 Å². The molecule has 3 heterocycles. The van der Waals surface area contributed by atoms with E-state index in [1.54, 1.807) is 0 Å². The van der Waals surface area contributed by atoms with E-state index in [0.717, 1.165) is 44.2 Å². The largest absolute Gasteiger partial charge is 0.334 e. The first-order chi connectivity index (χ1) is 10.1. The topological polar surface area (TPSA) is 59.2 Å². The number of hydrogen-bond acceptors (Lipinski definition) is 5. The molecule has 1 aliphatic heterocycles. The van der Waals surface area contributed by atoms with Crippen LogP contribution >= 0.6 is 34.3 Å². The molecule has 1 aliphatic rings. The minimum atomic E-state index is 0.0619. The van der Waals surface area contributed by atoms with E-state index in [-0.39, 0.29) is 11.9 Å². The van der Waals surface area contributed by atoms with Gasteiger partial charge >= 0.3 is 0 Å². The molecule has 7 heteroatoms. The predicted molar refractivity (Wildman–Crippen MR) is 88.3 cm³/mol. The smallest absolute Gasteiger partial charge is 0.266 e. The van der Waals surface area contributed by atoms with E-state index in [1.807, 2.05) is 24.0 Å². The van der Waals surface area contributed by atoms with Crippen molar-refractivity contribution in [2.75, 3.05) is 13.1 Å². The Morgan fingerprint density at radius 3 is 3.00 bits per heavy atom. The van der Waals surface area contributed by atoms with Crippen LogP contribution in [0.4, 0.5) is 0 Å². The molecular formula is C14H16ClN3OS2. The third-order valence-corrected chi connectivity index (χ3v) is 6.23. The molecule has 0 spiro atoms. The molecule has 0 bridgehead atoms. The summed E-state index contributed by atoms with van der Waals surface area (Å²) in [5.74, 6) is 0.0619. The van der Waals surface area contributed by atoms with E-state index in [1.165, 1.54) is 22.7 Å². The number of carbonyl (C=O) groups excluding carboxylic acids is 1. The van der Waals surface area contributed by atoms with Crippen LogP contribution in [-0.4, -0.2) is 34.9 Å². The zero-order chi connectivity index (χ0) is 15.0. The number of amides is 1. The summed E-state index contributed by atoms with van der Waals surface area (Å²) in [6, 6.07) is 3.96. The van der Waals surface area contributed by atoms with Crippen molar-refractivity contribution in [1.82, 2.24) is 9.88 Å². The Morgan fingerprint density at radius 2 is 2.33 bits per heavy atom. The van der Waals surface area contributed by atoms with Crippen molar-refractivity contribution in [2.45, 2.75) is 25.8 Å². The number of nitrogens with zero attached hydrogens (tertiary/aromatic N) is 2. The quantitative estimate of drug-likeness (QED) is 0.930. The summed E-state index contributed by atoms with van der Waals surface area (Å²) in [6.07, 6.45) is 2.02. The summed E-state index contributed by atoms with van der Waals surface area (Å²) < 4.78 is 0.730. The van der Waals surface area contributed by atoms with Crippen LogP contribution in [0.3, 0.4) is 0 Å². The van der Waals surface area contributed by atoms with Crippen molar-refractivity contribution in [3.05, 3.63) is 27.0 Å². The fraction of sp³-hybridized carbons (Fsp3) is 0.429. The standard InChI is InChI=1S/C14H16ClN3OS2/c1-8-12(14(19)18-6-2-3-9(18)7-16)21-13(17-8)10-4-5-11(15)20-10/h4-5,9H,2-3,6-7,16H2,1H3. The molecule has 0 aliphatic carbocycles. The summed E-state index contributed by atoms with van der Waals surface area (Å²) in [6.45, 7) is 3.20. The molecule has 2 aromatic rings. The first kappa shape index (κ1) is 15.0. The summed E-state index contributed by atoms with van der Waals surface area (Å²) in [7, 11) is 0. The van der Waals surface area contributed by atoms with Crippen LogP contribution in [0, 0.1) is 6.92 Å². The van der Waals surface area contributed by atoms with Crippen LogP contribution in [0.5, 0.6) is 0 Å². The zero-order valence-corrected chi connectivity index (χ0v) is 14.0. The van der Waals surface area contributed by atoms with Gasteiger partial charge in [0.15, 0.2) is 0 Å². The van der Waals surface area contributed by atoms with Crippen LogP contribution < -0.4 is 5.73 Å². The molecule has 0 aromatic carbocycles. The molecule has 2 aromatic heterocycles. The minimum absolute atomic E-state index is 0.0619. The van der Waals surface area contributed by atoms with Gasteiger partial charge in [-0.3, -0.25) is 4.79 Å². The number of thiazole rings is 1. The maximum absolute atomic E-state index is 12.7. The van der Waals surface area contributed by atoms with E-state index < -0.39 is 0 Å². The Balaban J connectivity index is 1.89. The molecule has 112 valence electrons. The number of hydrogen-bond donors (Lipinski definition) is 1. The van der Waals surface area contributed by atoms with Gasteiger partial charge in [0, 0.05) is 19.1 Å². The fourth-order valence-electron chi connectivity index (χ4n) is 2.61. The van der Waals surface area contributed by atoms with Crippen LogP contribution in [0.25, 0.3) is 9.88 Å². The van der Waals surface area contributed by atoms with E-state index in [0.29, 0.717) is 6.54 Å². The highest BCUT2D eigenvalue weighted by Gasteiger charge is 2.30. The van der Waals surface area contributed by atoms with Crippen molar-refractivity contribution in [1.29, 1.82) is 0 Å². The van der Waals surface area contributed by atoms with Crippen LogP contribution in [-0.2, 0) is 0 Å². The zero-order valence-electron chi connectivity index (χ0n) is 11.6. The highest BCUT2D eigenvalue weighted by molar-refractivity contribution is 7.24. The van der Waals surface area contributed by atoms with Crippen molar-refractivity contribution in [3.8, 4) is 9.88 Å². The van der Waals surface area contributed by atoms with Gasteiger partial charge in [0.05, 0.1) is 14.9 Å². The number of likely N-dealkylation sites (tertiary alicyclic amines) is 1. The molecular weight excluding hydrogens is 326 g/mol. The molecule has 0 radical (unpaired) electrons. The fourth-order valence-corrected chi connectivity index (χ4v) is 4.73. The second kappa shape index (κ2) is 6.04. The van der Waals surface area contributed by atoms with Gasteiger partial charge in [0.25, 0.3) is 5.91 Å². The normalized spacial score (nSPS) is 18.4. The summed E-state index contributed by atoms with van der Waals surface area (Å²) in [4.78, 5) is 20.8. The van der Waals surface area contributed by atoms with Crippen molar-refractivity contribution >= 4 is 40.2 Å². The van der Waals surface area contributed by atoms with Gasteiger partial charge in [0.1, 0.15) is 9.88 Å². The van der Waals surface area contributed by atoms with E-state index >= 15 is 0 Å². The van der Waals surface area contributed by atoms with E-state index in [9.17, 15) is 4.79 Å². The highest BCUT2D eigenvalue weighted by atomic mass is 35.5. The number of halogens is 1. The monoisotopic (exact) mass is 341 g/mol. The highest BCUT2D eigenvalue weighted by Crippen LogP contribution is 2.35. The Kier molecular flexibility index (Phi) is 4.31. The maximum atomic E-state index is 12.7. The average Bonchev–Trinajstić information content (AvgIpc) is 3.16. The molecule has 1 atom stereocenters. The van der Waals surface area contributed by atoms with Crippen molar-refractivity contribution in [2.24, 2.45) is 5.73 Å². The molecule has 4 nitrogen and oxygen atoms in total. The predicted octanol–water partition coefficient (Wildman–Crippen LogP) is 3.40. The lowest BCUT2D eigenvalue weighted by molar-refractivity contribution is 0.0745. The Bertz CT molecular complexity index is 667. The number of thiophene rings is 1. The molecule has 21 heavy (non-hydrogen) atoms. The Hall–Kier alpha value is -0.950. The summed E-state index contributed by atoms with van der Waals surface area (Å²) >= 11 is 8.89. The molecule has 1 unspecified atom stereocenters. The lowest BCUT2D eigenvalue weighted by Gasteiger charge is -2.22. The number of carbonyl (C=O) groups is 1.